The van der Waals surface area contributed by atoms with E-state index in [1.165, 1.54) is 95.5 Å². The molecule has 12 rings (SSSR count). The van der Waals surface area contributed by atoms with Gasteiger partial charge in [0, 0.05) is 0 Å². The Kier molecular flexibility index (Phi) is 17.7. The van der Waals surface area contributed by atoms with Gasteiger partial charge in [0.05, 0.1) is 0 Å². The van der Waals surface area contributed by atoms with Crippen molar-refractivity contribution < 1.29 is 72.6 Å². The van der Waals surface area contributed by atoms with Crippen molar-refractivity contribution >= 4 is 17.7 Å². The fourth-order valence-electron chi connectivity index (χ4n) is 8.54. The Morgan fingerprint density at radius 2 is 0.667 bits per heavy atom. The molecule has 0 bridgehead atoms. The third-order valence-electron chi connectivity index (χ3n) is 11.9. The van der Waals surface area contributed by atoms with Gasteiger partial charge in [-0.05, 0) is 36.8 Å². The van der Waals surface area contributed by atoms with E-state index < -0.39 is 0 Å². The van der Waals surface area contributed by atoms with E-state index in [0.29, 0.717) is 0 Å². The van der Waals surface area contributed by atoms with E-state index in [1.54, 1.807) is 0 Å². The summed E-state index contributed by atoms with van der Waals surface area (Å²) in [7, 11) is 0. The Balaban J connectivity index is 0.000000131. The number of benzene rings is 8. The molecule has 8 aromatic carbocycles. The van der Waals surface area contributed by atoms with Crippen LogP contribution in [0, 0.1) is 12.1 Å². The summed E-state index contributed by atoms with van der Waals surface area (Å²) in [5, 5.41) is 0. The topological polar surface area (TPSA) is 0 Å². The second-order valence-electron chi connectivity index (χ2n) is 16.1. The fourth-order valence-corrected chi connectivity index (χ4v) is 10.9. The maximum absolute atomic E-state index is 3.61. The third kappa shape index (κ3) is 11.8. The van der Waals surface area contributed by atoms with Gasteiger partial charge in [0.15, 0.2) is 0 Å². The summed E-state index contributed by atoms with van der Waals surface area (Å²) in [5.41, 5.74) is 21.7. The molecule has 8 aromatic rings. The molecular weight excluding hydrogens is 1170 g/mol. The van der Waals surface area contributed by atoms with Crippen molar-refractivity contribution in [3.05, 3.63) is 298 Å². The van der Waals surface area contributed by atoms with Crippen LogP contribution in [0.2, 0.25) is 0 Å². The van der Waals surface area contributed by atoms with Crippen molar-refractivity contribution in [3.8, 4) is 22.3 Å². The smallest absolute Gasteiger partial charge is 0.0195 e. The van der Waals surface area contributed by atoms with Crippen LogP contribution in [-0.4, -0.2) is 6.51 Å². The standard InChI is InChI=1S/2C18H13.2C13H10.2ClH.2Hf/c2*1-2-6-13(5-1)14-9-10-18-16(11-14)12-15-7-3-4-8-17(15)18;2*1-3-7-12(8-4-1)11-13-9-5-2-6-10-13;;;;/h2*1-5,7-10H,6,12H2;2*1-10H;2*1H;;/q2*-1;;;;;2*+2/p-2. The van der Waals surface area contributed by atoms with E-state index in [9.17, 15) is 0 Å². The second kappa shape index (κ2) is 24.0. The van der Waals surface area contributed by atoms with Crippen LogP contribution in [0.5, 0.6) is 0 Å². The summed E-state index contributed by atoms with van der Waals surface area (Å²) in [5.74, 6) is 0. The minimum atomic E-state index is 0. The Hall–Kier alpha value is -5.22. The van der Waals surface area contributed by atoms with E-state index in [2.05, 4.69) is 243 Å². The molecular formula is C62H46Cl2Hf2. The molecule has 0 heterocycles. The Labute approximate surface area is 432 Å². The van der Waals surface area contributed by atoms with Crippen LogP contribution in [-0.2, 0) is 60.6 Å². The zero-order valence-electron chi connectivity index (χ0n) is 36.5. The zero-order valence-corrected chi connectivity index (χ0v) is 45.2. The van der Waals surface area contributed by atoms with Gasteiger partial charge < -0.3 is 24.8 Å². The van der Waals surface area contributed by atoms with Crippen molar-refractivity contribution in [3.63, 3.8) is 0 Å². The molecule has 0 spiro atoms. The van der Waals surface area contributed by atoms with Gasteiger partial charge in [-0.15, -0.1) is 82.0 Å². The molecule has 0 aliphatic heterocycles. The van der Waals surface area contributed by atoms with Crippen LogP contribution >= 0.6 is 0 Å². The van der Waals surface area contributed by atoms with Crippen LogP contribution in [0.15, 0.2) is 231 Å². The zero-order chi connectivity index (χ0) is 43.5. The molecule has 4 aliphatic carbocycles. The largest absolute Gasteiger partial charge is 0.147 e. The predicted octanol–water partition coefficient (Wildman–Crippen LogP) is 8.41. The van der Waals surface area contributed by atoms with Gasteiger partial charge in [0.25, 0.3) is 0 Å². The third-order valence-corrected chi connectivity index (χ3v) is 16.0. The van der Waals surface area contributed by atoms with Crippen molar-refractivity contribution in [1.82, 2.24) is 0 Å². The number of hydrogen-bond acceptors (Lipinski definition) is 0. The number of allylic oxidation sites excluding steroid dienone is 8. The molecule has 0 saturated carbocycles. The molecule has 0 nitrogen and oxygen atoms in total. The first kappa shape index (κ1) is 48.7. The van der Waals surface area contributed by atoms with E-state index in [-0.39, 0.29) is 24.8 Å². The average Bonchev–Trinajstić information content (AvgIpc) is 4.22. The molecule has 0 fully saturated rings. The number of halogens is 2. The Bertz CT molecular complexity index is 2760. The van der Waals surface area contributed by atoms with Gasteiger partial charge in [-0.2, -0.15) is 0 Å². The van der Waals surface area contributed by atoms with E-state index >= 15 is 0 Å². The van der Waals surface area contributed by atoms with Crippen LogP contribution in [0.25, 0.3) is 33.4 Å². The van der Waals surface area contributed by atoms with Crippen molar-refractivity contribution in [1.29, 1.82) is 0 Å². The van der Waals surface area contributed by atoms with E-state index in [0.717, 1.165) is 73.5 Å². The summed E-state index contributed by atoms with van der Waals surface area (Å²) in [6, 6.07) is 75.9. The predicted molar refractivity (Wildman–Crippen MR) is 263 cm³/mol. The number of hydrogen-bond donors (Lipinski definition) is 0. The molecule has 0 aromatic heterocycles. The maximum Gasteiger partial charge on any atom is -0.0195 e. The minimum Gasteiger partial charge on any atom is -0.147 e. The van der Waals surface area contributed by atoms with Gasteiger partial charge in [-0.3, -0.25) is 0 Å². The molecule has 0 atom stereocenters. The van der Waals surface area contributed by atoms with Crippen LogP contribution in [0.3, 0.4) is 0 Å². The molecule has 0 radical (unpaired) electrons. The minimum absolute atomic E-state index is 0. The molecule has 0 unspecified atom stereocenters. The van der Waals surface area contributed by atoms with E-state index in [4.69, 9.17) is 0 Å². The van der Waals surface area contributed by atoms with Gasteiger partial charge in [0.1, 0.15) is 0 Å². The van der Waals surface area contributed by atoms with E-state index in [1.807, 2.05) is 0 Å². The molecule has 316 valence electrons. The SMILES string of the molecule is [Cl-].[Cl-].[Hf+2]=[C](c1ccccc1)c1ccccc1.[Hf+2]=[C](c1ccccc1)c1ccccc1.[c-]1c(C2=CC=CC2)ccc2c1Cc1ccccc1-2.[c-]1c(C2=CC=CC2)ccc2c1Cc1ccccc1-2. The van der Waals surface area contributed by atoms with Crippen LogP contribution < -0.4 is 24.8 Å². The first-order valence-electron chi connectivity index (χ1n) is 22.0. The molecule has 0 amide bonds. The second-order valence-corrected chi connectivity index (χ2v) is 19.7. The quantitative estimate of drug-likeness (QED) is 0.116. The summed E-state index contributed by atoms with van der Waals surface area (Å²) in [4.78, 5) is 0. The van der Waals surface area contributed by atoms with Gasteiger partial charge >= 0.3 is 198 Å². The van der Waals surface area contributed by atoms with Crippen molar-refractivity contribution in [2.75, 3.05) is 0 Å². The molecule has 0 saturated heterocycles. The Morgan fingerprint density at radius 3 is 0.985 bits per heavy atom. The van der Waals surface area contributed by atoms with Crippen molar-refractivity contribution in [2.24, 2.45) is 0 Å². The number of fused-ring (bicyclic) bond motifs is 6. The first-order valence-corrected chi connectivity index (χ1v) is 25.6. The molecule has 0 N–H and O–H groups in total. The first-order chi connectivity index (χ1) is 31.6. The summed E-state index contributed by atoms with van der Waals surface area (Å²) >= 11 is 2.16. The van der Waals surface area contributed by atoms with Gasteiger partial charge in [-0.1, -0.05) is 95.1 Å². The summed E-state index contributed by atoms with van der Waals surface area (Å²) in [6.07, 6.45) is 17.2. The summed E-state index contributed by atoms with van der Waals surface area (Å²) in [6.45, 7) is 0. The summed E-state index contributed by atoms with van der Waals surface area (Å²) < 4.78 is 2.93. The normalized spacial score (nSPS) is 12.6. The fraction of sp³-hybridized carbons (Fsp3) is 0.0645. The molecule has 4 aliphatic rings. The van der Waals surface area contributed by atoms with Gasteiger partial charge in [0.2, 0.25) is 0 Å². The van der Waals surface area contributed by atoms with Crippen LogP contribution in [0.4, 0.5) is 0 Å². The monoisotopic (exact) mass is 1220 g/mol. The molecule has 66 heavy (non-hydrogen) atoms. The Morgan fingerprint density at radius 1 is 0.348 bits per heavy atom. The maximum atomic E-state index is 3.61. The van der Waals surface area contributed by atoms with Crippen LogP contribution in [0.1, 0.15) is 68.5 Å². The van der Waals surface area contributed by atoms with Crippen molar-refractivity contribution in [2.45, 2.75) is 25.7 Å². The molecule has 4 heteroatoms. The number of rotatable bonds is 6. The van der Waals surface area contributed by atoms with Gasteiger partial charge in [-0.25, -0.2) is 0 Å². The average molecular weight is 1220 g/mol.